The van der Waals surface area contributed by atoms with Crippen molar-refractivity contribution in [3.8, 4) is 0 Å². The van der Waals surface area contributed by atoms with E-state index < -0.39 is 0 Å². The summed E-state index contributed by atoms with van der Waals surface area (Å²) < 4.78 is 0.961. The molecule has 3 nitrogen and oxygen atoms in total. The second-order valence-electron chi connectivity index (χ2n) is 4.10. The van der Waals surface area contributed by atoms with E-state index in [0.29, 0.717) is 5.56 Å². The molecule has 2 aromatic rings. The van der Waals surface area contributed by atoms with Crippen molar-refractivity contribution in [2.75, 3.05) is 12.2 Å². The highest BCUT2D eigenvalue weighted by Gasteiger charge is 2.19. The molecule has 0 fully saturated rings. The summed E-state index contributed by atoms with van der Waals surface area (Å²) >= 11 is 2.18. The van der Waals surface area contributed by atoms with Gasteiger partial charge in [0.2, 0.25) is 0 Å². The molecule has 0 saturated carbocycles. The number of nitrogens with zero attached hydrogens (tertiary/aromatic N) is 1. The van der Waals surface area contributed by atoms with E-state index in [1.807, 2.05) is 49.4 Å². The fourth-order valence-corrected chi connectivity index (χ4v) is 2.41. The van der Waals surface area contributed by atoms with Gasteiger partial charge in [0.25, 0.3) is 5.91 Å². The summed E-state index contributed by atoms with van der Waals surface area (Å²) in [5.74, 6) is -0.171. The molecule has 0 spiro atoms. The van der Waals surface area contributed by atoms with Crippen LogP contribution < -0.4 is 5.06 Å². The van der Waals surface area contributed by atoms with Crippen LogP contribution in [0.15, 0.2) is 48.5 Å². The van der Waals surface area contributed by atoms with Gasteiger partial charge in [-0.05, 0) is 53.8 Å². The van der Waals surface area contributed by atoms with Crippen molar-refractivity contribution in [2.24, 2.45) is 0 Å². The molecule has 0 aromatic heterocycles. The van der Waals surface area contributed by atoms with Gasteiger partial charge in [0.1, 0.15) is 0 Å². The number of anilines is 1. The SMILES string of the molecule is CON(C(=O)c1cccc(C)c1)c1ccccc1I. The van der Waals surface area contributed by atoms with Gasteiger partial charge in [-0.2, -0.15) is 5.06 Å². The largest absolute Gasteiger partial charge is 0.282 e. The van der Waals surface area contributed by atoms with Crippen LogP contribution in [0.3, 0.4) is 0 Å². The molecular weight excluding hydrogens is 353 g/mol. The van der Waals surface area contributed by atoms with Gasteiger partial charge in [-0.3, -0.25) is 9.63 Å². The summed E-state index contributed by atoms with van der Waals surface area (Å²) in [6, 6.07) is 15.1. The third-order valence-electron chi connectivity index (χ3n) is 2.70. The van der Waals surface area contributed by atoms with Gasteiger partial charge in [0, 0.05) is 9.13 Å². The van der Waals surface area contributed by atoms with Crippen molar-refractivity contribution in [2.45, 2.75) is 6.92 Å². The van der Waals surface area contributed by atoms with Crippen LogP contribution in [0.5, 0.6) is 0 Å². The number of para-hydroxylation sites is 1. The lowest BCUT2D eigenvalue weighted by atomic mass is 10.1. The van der Waals surface area contributed by atoms with Crippen LogP contribution in [0, 0.1) is 10.5 Å². The zero-order chi connectivity index (χ0) is 13.8. The predicted octanol–water partition coefficient (Wildman–Crippen LogP) is 3.81. The average Bonchev–Trinajstić information content (AvgIpc) is 2.41. The Morgan fingerprint density at radius 2 is 1.89 bits per heavy atom. The highest BCUT2D eigenvalue weighted by Crippen LogP contribution is 2.24. The van der Waals surface area contributed by atoms with Gasteiger partial charge >= 0.3 is 0 Å². The molecule has 2 rings (SSSR count). The molecule has 0 aliphatic rings. The highest BCUT2D eigenvalue weighted by molar-refractivity contribution is 14.1. The average molecular weight is 367 g/mol. The minimum atomic E-state index is -0.171. The topological polar surface area (TPSA) is 29.5 Å². The van der Waals surface area contributed by atoms with E-state index in [1.54, 1.807) is 6.07 Å². The Morgan fingerprint density at radius 3 is 2.53 bits per heavy atom. The smallest absolute Gasteiger partial charge is 0.269 e. The number of hydrogen-bond donors (Lipinski definition) is 0. The van der Waals surface area contributed by atoms with Crippen molar-refractivity contribution in [1.29, 1.82) is 0 Å². The maximum absolute atomic E-state index is 12.5. The Balaban J connectivity index is 2.38. The molecule has 0 aliphatic carbocycles. The van der Waals surface area contributed by atoms with Crippen LogP contribution >= 0.6 is 22.6 Å². The number of benzene rings is 2. The standard InChI is InChI=1S/C15H14INO2/c1-11-6-5-7-12(10-11)15(18)17(19-2)14-9-4-3-8-13(14)16/h3-10H,1-2H3. The van der Waals surface area contributed by atoms with Crippen molar-refractivity contribution in [3.63, 3.8) is 0 Å². The number of carbonyl (C=O) groups is 1. The molecule has 0 heterocycles. The van der Waals surface area contributed by atoms with Crippen LogP contribution in [0.25, 0.3) is 0 Å². The van der Waals surface area contributed by atoms with E-state index in [0.717, 1.165) is 14.8 Å². The third kappa shape index (κ3) is 3.13. The molecule has 0 unspecified atom stereocenters. The molecule has 0 radical (unpaired) electrons. The molecule has 0 N–H and O–H groups in total. The first-order valence-corrected chi connectivity index (χ1v) is 6.91. The van der Waals surface area contributed by atoms with Crippen LogP contribution in [0.4, 0.5) is 5.69 Å². The summed E-state index contributed by atoms with van der Waals surface area (Å²) in [6.07, 6.45) is 0. The monoisotopic (exact) mass is 367 g/mol. The first kappa shape index (κ1) is 14.0. The van der Waals surface area contributed by atoms with Gasteiger partial charge in [-0.1, -0.05) is 29.8 Å². The number of amides is 1. The molecular formula is C15H14INO2. The highest BCUT2D eigenvalue weighted by atomic mass is 127. The van der Waals surface area contributed by atoms with E-state index >= 15 is 0 Å². The van der Waals surface area contributed by atoms with Crippen molar-refractivity contribution in [3.05, 3.63) is 63.2 Å². The summed E-state index contributed by atoms with van der Waals surface area (Å²) in [5.41, 5.74) is 2.41. The van der Waals surface area contributed by atoms with E-state index in [2.05, 4.69) is 22.6 Å². The van der Waals surface area contributed by atoms with Gasteiger partial charge < -0.3 is 0 Å². The summed E-state index contributed by atoms with van der Waals surface area (Å²) in [6.45, 7) is 1.96. The Hall–Kier alpha value is -1.40. The normalized spacial score (nSPS) is 10.3. The second-order valence-corrected chi connectivity index (χ2v) is 5.27. The zero-order valence-corrected chi connectivity index (χ0v) is 12.9. The first-order valence-electron chi connectivity index (χ1n) is 5.83. The maximum atomic E-state index is 12.5. The summed E-state index contributed by atoms with van der Waals surface area (Å²) in [7, 11) is 1.50. The second kappa shape index (κ2) is 6.16. The van der Waals surface area contributed by atoms with Crippen LogP contribution in [-0.2, 0) is 4.84 Å². The Morgan fingerprint density at radius 1 is 1.16 bits per heavy atom. The number of hydrogen-bond acceptors (Lipinski definition) is 2. The predicted molar refractivity (Wildman–Crippen MR) is 84.2 cm³/mol. The van der Waals surface area contributed by atoms with Crippen LogP contribution in [0.2, 0.25) is 0 Å². The summed E-state index contributed by atoms with van der Waals surface area (Å²) in [4.78, 5) is 17.7. The molecule has 0 bridgehead atoms. The van der Waals surface area contributed by atoms with Gasteiger partial charge in [0.05, 0.1) is 12.8 Å². The van der Waals surface area contributed by atoms with Crippen LogP contribution in [0.1, 0.15) is 15.9 Å². The maximum Gasteiger partial charge on any atom is 0.282 e. The van der Waals surface area contributed by atoms with Crippen molar-refractivity contribution < 1.29 is 9.63 Å². The fourth-order valence-electron chi connectivity index (χ4n) is 1.80. The minimum absolute atomic E-state index is 0.171. The lowest BCUT2D eigenvalue weighted by Gasteiger charge is -2.21. The number of aryl methyl sites for hydroxylation is 1. The first-order chi connectivity index (χ1) is 9.13. The molecule has 1 amide bonds. The van der Waals surface area contributed by atoms with E-state index in [-0.39, 0.29) is 5.91 Å². The number of halogens is 1. The molecule has 0 aliphatic heterocycles. The van der Waals surface area contributed by atoms with Crippen LogP contribution in [-0.4, -0.2) is 13.0 Å². The number of rotatable bonds is 3. The summed E-state index contributed by atoms with van der Waals surface area (Å²) in [5, 5.41) is 1.32. The van der Waals surface area contributed by atoms with E-state index in [1.165, 1.54) is 12.2 Å². The van der Waals surface area contributed by atoms with Gasteiger partial charge in [0.15, 0.2) is 0 Å². The molecule has 4 heteroatoms. The molecule has 2 aromatic carbocycles. The number of carbonyl (C=O) groups excluding carboxylic acids is 1. The Kier molecular flexibility index (Phi) is 4.55. The lowest BCUT2D eigenvalue weighted by molar-refractivity contribution is 0.0772. The lowest BCUT2D eigenvalue weighted by Crippen LogP contribution is -2.30. The Labute approximate surface area is 126 Å². The minimum Gasteiger partial charge on any atom is -0.269 e. The number of hydroxylamine groups is 1. The van der Waals surface area contributed by atoms with E-state index in [9.17, 15) is 4.79 Å². The molecule has 0 saturated heterocycles. The zero-order valence-electron chi connectivity index (χ0n) is 10.8. The van der Waals surface area contributed by atoms with Crippen molar-refractivity contribution in [1.82, 2.24) is 0 Å². The molecule has 98 valence electrons. The fraction of sp³-hybridized carbons (Fsp3) is 0.133. The van der Waals surface area contributed by atoms with Gasteiger partial charge in [-0.15, -0.1) is 0 Å². The van der Waals surface area contributed by atoms with Gasteiger partial charge in [-0.25, -0.2) is 0 Å². The third-order valence-corrected chi connectivity index (χ3v) is 3.62. The van der Waals surface area contributed by atoms with E-state index in [4.69, 9.17) is 4.84 Å². The molecule has 0 atom stereocenters. The Bertz CT molecular complexity index is 598. The van der Waals surface area contributed by atoms with Crippen molar-refractivity contribution >= 4 is 34.2 Å². The molecule has 19 heavy (non-hydrogen) atoms. The quantitative estimate of drug-likeness (QED) is 0.610.